The van der Waals surface area contributed by atoms with Gasteiger partial charge in [0.15, 0.2) is 5.65 Å². The van der Waals surface area contributed by atoms with Crippen molar-refractivity contribution in [3.63, 3.8) is 0 Å². The van der Waals surface area contributed by atoms with Crippen LogP contribution in [-0.4, -0.2) is 76.0 Å². The van der Waals surface area contributed by atoms with Crippen LogP contribution < -0.4 is 5.32 Å². The van der Waals surface area contributed by atoms with E-state index in [9.17, 15) is 9.90 Å². The van der Waals surface area contributed by atoms with Crippen molar-refractivity contribution in [3.8, 4) is 0 Å². The van der Waals surface area contributed by atoms with Crippen molar-refractivity contribution in [2.45, 2.75) is 37.2 Å². The Morgan fingerprint density at radius 1 is 1.37 bits per heavy atom. The van der Waals surface area contributed by atoms with Gasteiger partial charge in [-0.2, -0.15) is 5.10 Å². The molecule has 4 rings (SSSR count). The van der Waals surface area contributed by atoms with Crippen LogP contribution in [0, 0.1) is 0 Å². The molecular formula is C19H27N5O3. The molecule has 146 valence electrons. The number of nitrogens with one attached hydrogen (secondary N) is 1. The van der Waals surface area contributed by atoms with Crippen molar-refractivity contribution in [1.82, 2.24) is 24.8 Å². The molecule has 2 aromatic heterocycles. The molecule has 2 aliphatic heterocycles. The highest BCUT2D eigenvalue weighted by Crippen LogP contribution is 2.30. The molecule has 0 saturated carbocycles. The van der Waals surface area contributed by atoms with E-state index < -0.39 is 5.60 Å². The highest BCUT2D eigenvalue weighted by atomic mass is 16.5. The van der Waals surface area contributed by atoms with Gasteiger partial charge in [-0.1, -0.05) is 0 Å². The fraction of sp³-hybridized carbons (Fsp3) is 0.632. The molecule has 2 fully saturated rings. The van der Waals surface area contributed by atoms with E-state index in [1.165, 1.54) is 0 Å². The van der Waals surface area contributed by atoms with Crippen LogP contribution in [0.1, 0.15) is 47.7 Å². The van der Waals surface area contributed by atoms with Gasteiger partial charge in [0.1, 0.15) is 5.56 Å². The third kappa shape index (κ3) is 3.69. The first-order valence-corrected chi connectivity index (χ1v) is 9.67. The van der Waals surface area contributed by atoms with Gasteiger partial charge in [0, 0.05) is 57.5 Å². The fourth-order valence-electron chi connectivity index (χ4n) is 4.23. The summed E-state index contributed by atoms with van der Waals surface area (Å²) in [6, 6.07) is 2.00. The van der Waals surface area contributed by atoms with Gasteiger partial charge in [-0.15, -0.1) is 0 Å². The second-order valence-electron chi connectivity index (χ2n) is 7.63. The number of piperidine rings is 1. The van der Waals surface area contributed by atoms with Crippen molar-refractivity contribution in [1.29, 1.82) is 0 Å². The number of β-amino-alcohol motifs (C(OH)–C–C–N with tert-alkyl or cyclic N) is 1. The van der Waals surface area contributed by atoms with Gasteiger partial charge < -0.3 is 20.1 Å². The van der Waals surface area contributed by atoms with E-state index in [1.54, 1.807) is 24.0 Å². The van der Waals surface area contributed by atoms with Crippen molar-refractivity contribution in [2.24, 2.45) is 0 Å². The summed E-state index contributed by atoms with van der Waals surface area (Å²) in [5.74, 6) is 0.197. The Hall–Kier alpha value is -2.03. The number of carbonyl (C=O) groups is 1. The number of carbonyl (C=O) groups excluding carboxylic acids is 1. The van der Waals surface area contributed by atoms with Gasteiger partial charge in [0.05, 0.1) is 11.8 Å². The second-order valence-corrected chi connectivity index (χ2v) is 7.63. The lowest BCUT2D eigenvalue weighted by Gasteiger charge is -2.39. The first-order valence-electron chi connectivity index (χ1n) is 9.67. The third-order valence-corrected chi connectivity index (χ3v) is 5.85. The number of rotatable bonds is 4. The molecule has 4 heterocycles. The number of ether oxygens (including phenoxy) is 1. The Labute approximate surface area is 158 Å². The van der Waals surface area contributed by atoms with Gasteiger partial charge in [0.25, 0.3) is 5.91 Å². The lowest BCUT2D eigenvalue weighted by atomic mass is 9.89. The predicted octanol–water partition coefficient (Wildman–Crippen LogP) is 0.810. The molecule has 1 amide bonds. The summed E-state index contributed by atoms with van der Waals surface area (Å²) in [6.07, 6.45) is 6.78. The maximum Gasteiger partial charge on any atom is 0.256 e. The average Bonchev–Trinajstić information content (AvgIpc) is 3.12. The summed E-state index contributed by atoms with van der Waals surface area (Å²) in [4.78, 5) is 18.7. The molecular weight excluding hydrogens is 346 g/mol. The Bertz CT molecular complexity index is 807. The molecule has 2 aromatic rings. The zero-order valence-corrected chi connectivity index (χ0v) is 15.7. The Morgan fingerprint density at radius 3 is 2.81 bits per heavy atom. The third-order valence-electron chi connectivity index (χ3n) is 5.85. The van der Waals surface area contributed by atoms with Gasteiger partial charge in [-0.05, 0) is 32.0 Å². The lowest BCUT2D eigenvalue weighted by Crippen LogP contribution is -2.48. The van der Waals surface area contributed by atoms with E-state index >= 15 is 0 Å². The van der Waals surface area contributed by atoms with Crippen LogP contribution in [0.5, 0.6) is 0 Å². The van der Waals surface area contributed by atoms with E-state index in [-0.39, 0.29) is 5.91 Å². The predicted molar refractivity (Wildman–Crippen MR) is 99.8 cm³/mol. The van der Waals surface area contributed by atoms with Crippen LogP contribution in [0.2, 0.25) is 0 Å². The number of hydrogen-bond donors (Lipinski definition) is 2. The molecule has 0 radical (unpaired) electrons. The minimum Gasteiger partial charge on any atom is -0.388 e. The van der Waals surface area contributed by atoms with E-state index in [1.807, 2.05) is 6.07 Å². The molecule has 0 aliphatic carbocycles. The Kier molecular flexibility index (Phi) is 5.12. The maximum atomic E-state index is 12.0. The summed E-state index contributed by atoms with van der Waals surface area (Å²) >= 11 is 0. The summed E-state index contributed by atoms with van der Waals surface area (Å²) < 4.78 is 7.18. The summed E-state index contributed by atoms with van der Waals surface area (Å²) in [5, 5.41) is 17.8. The fourth-order valence-corrected chi connectivity index (χ4v) is 4.23. The van der Waals surface area contributed by atoms with Crippen LogP contribution in [-0.2, 0) is 4.74 Å². The lowest BCUT2D eigenvalue weighted by molar-refractivity contribution is -0.0821. The minimum absolute atomic E-state index is 0.172. The largest absolute Gasteiger partial charge is 0.388 e. The van der Waals surface area contributed by atoms with Gasteiger partial charge in [-0.25, -0.2) is 9.50 Å². The van der Waals surface area contributed by atoms with E-state index in [0.717, 1.165) is 38.2 Å². The number of fused-ring (bicyclic) bond motifs is 1. The van der Waals surface area contributed by atoms with Crippen LogP contribution in [0.15, 0.2) is 18.5 Å². The number of nitrogens with zero attached hydrogens (tertiary/aromatic N) is 4. The van der Waals surface area contributed by atoms with Crippen LogP contribution >= 0.6 is 0 Å². The smallest absolute Gasteiger partial charge is 0.256 e. The quantitative estimate of drug-likeness (QED) is 0.824. The molecule has 2 saturated heterocycles. The molecule has 0 spiro atoms. The van der Waals surface area contributed by atoms with Crippen LogP contribution in [0.3, 0.4) is 0 Å². The number of aromatic nitrogens is 3. The van der Waals surface area contributed by atoms with Gasteiger partial charge in [-0.3, -0.25) is 4.79 Å². The first-order chi connectivity index (χ1) is 13.1. The molecule has 0 aromatic carbocycles. The van der Waals surface area contributed by atoms with Crippen LogP contribution in [0.4, 0.5) is 0 Å². The van der Waals surface area contributed by atoms with Gasteiger partial charge >= 0.3 is 0 Å². The molecule has 0 unspecified atom stereocenters. The Balaban J connectivity index is 1.45. The zero-order valence-electron chi connectivity index (χ0n) is 15.7. The topological polar surface area (TPSA) is 92.0 Å². The molecule has 27 heavy (non-hydrogen) atoms. The molecule has 8 heteroatoms. The first kappa shape index (κ1) is 18.3. The minimum atomic E-state index is -0.612. The number of aliphatic hydroxyl groups is 1. The number of amides is 1. The van der Waals surface area contributed by atoms with E-state index in [2.05, 4.69) is 20.3 Å². The summed E-state index contributed by atoms with van der Waals surface area (Å²) in [5.41, 5.74) is 1.59. The molecule has 2 N–H and O–H groups in total. The number of hydrogen-bond acceptors (Lipinski definition) is 6. The highest BCUT2D eigenvalue weighted by Gasteiger charge is 2.33. The standard InChI is InChI=1S/C19H27N5O3/c1-20-18(25)15-12-22-24-16(2-7-21-17(15)24)14-3-8-23(9-4-14)13-19(26)5-10-27-11-6-19/h2,7,12,14,26H,3-6,8-11,13H2,1H3,(H,20,25). The number of likely N-dealkylation sites (tertiary alicyclic amines) is 1. The van der Waals surface area contributed by atoms with Crippen molar-refractivity contribution in [2.75, 3.05) is 39.9 Å². The average molecular weight is 373 g/mol. The normalized spacial score (nSPS) is 21.4. The molecule has 2 aliphatic rings. The summed E-state index contributed by atoms with van der Waals surface area (Å²) in [7, 11) is 1.61. The van der Waals surface area contributed by atoms with E-state index in [0.29, 0.717) is 43.2 Å². The Morgan fingerprint density at radius 2 is 2.11 bits per heavy atom. The SMILES string of the molecule is CNC(=O)c1cnn2c(C3CCN(CC4(O)CCOCC4)CC3)ccnc12. The summed E-state index contributed by atoms with van der Waals surface area (Å²) in [6.45, 7) is 3.91. The van der Waals surface area contributed by atoms with Crippen molar-refractivity contribution < 1.29 is 14.6 Å². The van der Waals surface area contributed by atoms with Crippen molar-refractivity contribution >= 4 is 11.6 Å². The zero-order chi connectivity index (χ0) is 18.9. The second kappa shape index (κ2) is 7.53. The monoisotopic (exact) mass is 373 g/mol. The highest BCUT2D eigenvalue weighted by molar-refractivity contribution is 5.99. The molecule has 0 bridgehead atoms. The van der Waals surface area contributed by atoms with E-state index in [4.69, 9.17) is 4.74 Å². The van der Waals surface area contributed by atoms with Gasteiger partial charge in [0.2, 0.25) is 0 Å². The van der Waals surface area contributed by atoms with Crippen LogP contribution in [0.25, 0.3) is 5.65 Å². The molecule has 0 atom stereocenters. The maximum absolute atomic E-state index is 12.0. The molecule has 8 nitrogen and oxygen atoms in total. The van der Waals surface area contributed by atoms with Crippen molar-refractivity contribution in [3.05, 3.63) is 29.7 Å².